The number of nitrogens with one attached hydrogen (secondary N) is 2. The highest BCUT2D eigenvalue weighted by molar-refractivity contribution is 5.42. The summed E-state index contributed by atoms with van der Waals surface area (Å²) in [7, 11) is 5.23. The summed E-state index contributed by atoms with van der Waals surface area (Å²) in [6, 6.07) is -0.0852. The van der Waals surface area contributed by atoms with Crippen molar-refractivity contribution in [2.24, 2.45) is 5.84 Å². The van der Waals surface area contributed by atoms with Crippen molar-refractivity contribution in [1.29, 1.82) is 0 Å². The average Bonchev–Trinajstić information content (AvgIpc) is 2.38. The lowest BCUT2D eigenvalue weighted by Crippen LogP contribution is -2.28. The number of nitrogen functional groups attached to an aromatic ring is 1. The number of hydrogen-bond acceptors (Lipinski definition) is 9. The Kier molecular flexibility index (Phi) is 6.19. The summed E-state index contributed by atoms with van der Waals surface area (Å²) < 4.78 is 5.07. The number of anilines is 3. The van der Waals surface area contributed by atoms with Crippen LogP contribution < -0.4 is 21.5 Å². The van der Waals surface area contributed by atoms with E-state index in [1.54, 1.807) is 12.0 Å². The van der Waals surface area contributed by atoms with Crippen molar-refractivity contribution in [2.45, 2.75) is 12.5 Å². The Balaban J connectivity index is 2.88. The Morgan fingerprint density at radius 2 is 2.00 bits per heavy atom. The molecule has 5 N–H and O–H groups in total. The van der Waals surface area contributed by atoms with Crippen molar-refractivity contribution in [3.8, 4) is 0 Å². The van der Waals surface area contributed by atoms with E-state index in [2.05, 4.69) is 25.7 Å². The largest absolute Gasteiger partial charge is 0.396 e. The molecular formula is C10H21N7O2. The Morgan fingerprint density at radius 1 is 1.32 bits per heavy atom. The molecule has 0 aliphatic carbocycles. The van der Waals surface area contributed by atoms with Crippen LogP contribution >= 0.6 is 0 Å². The minimum atomic E-state index is -0.0852. The van der Waals surface area contributed by atoms with Crippen LogP contribution in [0.15, 0.2) is 0 Å². The standard InChI is InChI=1S/C10H21N7O2/c1-17(2)10-14-8(13-9(15-10)16-11)12-7(4-5-18)6-19-3/h7,18H,4-6,11H2,1-3H3,(H2,12,13,14,15,16). The van der Waals surface area contributed by atoms with E-state index in [0.717, 1.165) is 0 Å². The summed E-state index contributed by atoms with van der Waals surface area (Å²) in [5, 5.41) is 12.1. The zero-order valence-corrected chi connectivity index (χ0v) is 11.4. The molecule has 0 bridgehead atoms. The molecule has 0 fully saturated rings. The molecule has 1 aromatic heterocycles. The fourth-order valence-electron chi connectivity index (χ4n) is 1.43. The number of aliphatic hydroxyl groups excluding tert-OH is 1. The van der Waals surface area contributed by atoms with Crippen LogP contribution in [0.25, 0.3) is 0 Å². The Labute approximate surface area is 112 Å². The van der Waals surface area contributed by atoms with Crippen LogP contribution in [0, 0.1) is 0 Å². The van der Waals surface area contributed by atoms with Gasteiger partial charge in [0.05, 0.1) is 12.6 Å². The van der Waals surface area contributed by atoms with Gasteiger partial charge in [-0.15, -0.1) is 0 Å². The van der Waals surface area contributed by atoms with Crippen LogP contribution in [-0.4, -0.2) is 60.5 Å². The number of ether oxygens (including phenoxy) is 1. The van der Waals surface area contributed by atoms with Crippen LogP contribution in [0.5, 0.6) is 0 Å². The van der Waals surface area contributed by atoms with Gasteiger partial charge in [0.2, 0.25) is 17.8 Å². The highest BCUT2D eigenvalue weighted by atomic mass is 16.5. The van der Waals surface area contributed by atoms with E-state index in [9.17, 15) is 0 Å². The van der Waals surface area contributed by atoms with Gasteiger partial charge in [0, 0.05) is 27.8 Å². The molecule has 0 saturated carbocycles. The molecule has 0 aliphatic rings. The number of nitrogens with zero attached hydrogens (tertiary/aromatic N) is 4. The summed E-state index contributed by atoms with van der Waals surface area (Å²) in [5.41, 5.74) is 2.39. The molecule has 0 radical (unpaired) electrons. The number of hydrogen-bond donors (Lipinski definition) is 4. The quantitative estimate of drug-likeness (QED) is 0.349. The molecule has 1 heterocycles. The third-order valence-electron chi connectivity index (χ3n) is 2.33. The summed E-state index contributed by atoms with van der Waals surface area (Å²) >= 11 is 0. The summed E-state index contributed by atoms with van der Waals surface area (Å²) in [5.74, 6) is 6.44. The highest BCUT2D eigenvalue weighted by Gasteiger charge is 2.12. The van der Waals surface area contributed by atoms with Gasteiger partial charge in [-0.25, -0.2) is 5.84 Å². The number of hydrazine groups is 1. The van der Waals surface area contributed by atoms with Crippen molar-refractivity contribution < 1.29 is 9.84 Å². The third kappa shape index (κ3) is 4.81. The molecule has 0 aliphatic heterocycles. The molecule has 0 aromatic carbocycles. The van der Waals surface area contributed by atoms with Gasteiger partial charge in [0.25, 0.3) is 0 Å². The van der Waals surface area contributed by atoms with Crippen molar-refractivity contribution in [3.05, 3.63) is 0 Å². The number of aliphatic hydroxyl groups is 1. The minimum Gasteiger partial charge on any atom is -0.396 e. The second-order valence-corrected chi connectivity index (χ2v) is 4.13. The topological polar surface area (TPSA) is 121 Å². The number of methoxy groups -OCH3 is 1. The lowest BCUT2D eigenvalue weighted by atomic mass is 10.2. The predicted octanol–water partition coefficient (Wildman–Crippen LogP) is -0.967. The van der Waals surface area contributed by atoms with Gasteiger partial charge >= 0.3 is 0 Å². The second kappa shape index (κ2) is 7.67. The van der Waals surface area contributed by atoms with Crippen molar-refractivity contribution in [3.63, 3.8) is 0 Å². The highest BCUT2D eigenvalue weighted by Crippen LogP contribution is 2.12. The molecule has 0 saturated heterocycles. The van der Waals surface area contributed by atoms with E-state index in [0.29, 0.717) is 24.9 Å². The van der Waals surface area contributed by atoms with Crippen LogP contribution in [0.3, 0.4) is 0 Å². The van der Waals surface area contributed by atoms with Crippen molar-refractivity contribution in [2.75, 3.05) is 50.1 Å². The molecule has 9 nitrogen and oxygen atoms in total. The van der Waals surface area contributed by atoms with Crippen LogP contribution in [0.2, 0.25) is 0 Å². The number of rotatable bonds is 8. The number of aromatic nitrogens is 3. The smallest absolute Gasteiger partial charge is 0.243 e. The van der Waals surface area contributed by atoms with Gasteiger partial charge in [-0.05, 0) is 6.42 Å². The fraction of sp³-hybridized carbons (Fsp3) is 0.700. The number of nitrogens with two attached hydrogens (primary N) is 1. The predicted molar refractivity (Wildman–Crippen MR) is 73.0 cm³/mol. The molecule has 1 rings (SSSR count). The van der Waals surface area contributed by atoms with Gasteiger partial charge in [-0.2, -0.15) is 15.0 Å². The normalized spacial score (nSPS) is 12.1. The molecule has 1 atom stereocenters. The molecule has 0 spiro atoms. The summed E-state index contributed by atoms with van der Waals surface area (Å²) in [6.07, 6.45) is 0.530. The van der Waals surface area contributed by atoms with Crippen molar-refractivity contribution >= 4 is 17.8 Å². The lowest BCUT2D eigenvalue weighted by molar-refractivity contribution is 0.170. The van der Waals surface area contributed by atoms with Crippen LogP contribution in [0.1, 0.15) is 6.42 Å². The van der Waals surface area contributed by atoms with E-state index in [-0.39, 0.29) is 18.6 Å². The monoisotopic (exact) mass is 271 g/mol. The SMILES string of the molecule is COCC(CCO)Nc1nc(NN)nc(N(C)C)n1. The van der Waals surface area contributed by atoms with Crippen LogP contribution in [-0.2, 0) is 4.74 Å². The maximum atomic E-state index is 9.00. The first kappa shape index (κ1) is 15.3. The van der Waals surface area contributed by atoms with E-state index in [1.807, 2.05) is 14.1 Å². The van der Waals surface area contributed by atoms with E-state index in [1.165, 1.54) is 0 Å². The fourth-order valence-corrected chi connectivity index (χ4v) is 1.43. The maximum absolute atomic E-state index is 9.00. The summed E-state index contributed by atoms with van der Waals surface area (Å²) in [6.45, 7) is 0.490. The molecule has 19 heavy (non-hydrogen) atoms. The van der Waals surface area contributed by atoms with E-state index >= 15 is 0 Å². The third-order valence-corrected chi connectivity index (χ3v) is 2.33. The van der Waals surface area contributed by atoms with Gasteiger partial charge in [0.15, 0.2) is 0 Å². The molecule has 1 unspecified atom stereocenters. The maximum Gasteiger partial charge on any atom is 0.243 e. The van der Waals surface area contributed by atoms with Crippen molar-refractivity contribution in [1.82, 2.24) is 15.0 Å². The molecule has 0 amide bonds. The van der Waals surface area contributed by atoms with E-state index < -0.39 is 0 Å². The Hall–Kier alpha value is -1.71. The molecular weight excluding hydrogens is 250 g/mol. The second-order valence-electron chi connectivity index (χ2n) is 4.13. The minimum absolute atomic E-state index is 0.0502. The first-order chi connectivity index (χ1) is 9.10. The average molecular weight is 271 g/mol. The molecule has 1 aromatic rings. The Bertz CT molecular complexity index is 382. The van der Waals surface area contributed by atoms with Gasteiger partial charge < -0.3 is 20.1 Å². The molecule has 108 valence electrons. The van der Waals surface area contributed by atoms with Gasteiger partial charge in [0.1, 0.15) is 0 Å². The lowest BCUT2D eigenvalue weighted by Gasteiger charge is -2.18. The first-order valence-corrected chi connectivity index (χ1v) is 5.87. The first-order valence-electron chi connectivity index (χ1n) is 5.87. The zero-order chi connectivity index (χ0) is 14.3. The van der Waals surface area contributed by atoms with Gasteiger partial charge in [-0.1, -0.05) is 0 Å². The van der Waals surface area contributed by atoms with Gasteiger partial charge in [-0.3, -0.25) is 5.43 Å². The molecule has 9 heteroatoms. The van der Waals surface area contributed by atoms with E-state index in [4.69, 9.17) is 15.7 Å². The summed E-state index contributed by atoms with van der Waals surface area (Å²) in [4.78, 5) is 14.2. The zero-order valence-electron chi connectivity index (χ0n) is 11.4. The van der Waals surface area contributed by atoms with Crippen LogP contribution in [0.4, 0.5) is 17.8 Å². The Morgan fingerprint density at radius 3 is 2.53 bits per heavy atom.